The van der Waals surface area contributed by atoms with E-state index in [1.165, 1.54) is 5.56 Å². The van der Waals surface area contributed by atoms with Gasteiger partial charge in [0.05, 0.1) is 6.61 Å². The molecule has 1 heterocycles. The molecule has 0 bridgehead atoms. The van der Waals surface area contributed by atoms with Gasteiger partial charge < -0.3 is 20.1 Å². The molecule has 0 saturated heterocycles. The quantitative estimate of drug-likeness (QED) is 0.278. The Morgan fingerprint density at radius 3 is 2.44 bits per heavy atom. The van der Waals surface area contributed by atoms with Gasteiger partial charge in [-0.3, -0.25) is 9.59 Å². The first kappa shape index (κ1) is 29.5. The van der Waals surface area contributed by atoms with Crippen LogP contribution in [0.5, 0.6) is 5.75 Å². The highest BCUT2D eigenvalue weighted by Crippen LogP contribution is 2.26. The molecule has 1 aliphatic heterocycles. The van der Waals surface area contributed by atoms with Gasteiger partial charge in [0, 0.05) is 31.8 Å². The molecule has 4 rings (SSSR count). The van der Waals surface area contributed by atoms with E-state index in [2.05, 4.69) is 41.7 Å². The van der Waals surface area contributed by atoms with Gasteiger partial charge in [0.15, 0.2) is 11.6 Å². The number of carbonyl (C=O) groups excluding carboxylic acids is 1. The summed E-state index contributed by atoms with van der Waals surface area (Å²) in [7, 11) is 1.87. The number of aryl methyl sites for hydroxylation is 1. The highest BCUT2D eigenvalue weighted by Gasteiger charge is 2.22. The molecule has 0 aliphatic carbocycles. The van der Waals surface area contributed by atoms with E-state index in [4.69, 9.17) is 14.6 Å². The van der Waals surface area contributed by atoms with Crippen molar-refractivity contribution in [3.8, 4) is 5.75 Å². The topological polar surface area (TPSA) is 78.9 Å². The zero-order valence-electron chi connectivity index (χ0n) is 22.0. The molecule has 1 aliphatic rings. The van der Waals surface area contributed by atoms with Crippen molar-refractivity contribution >= 4 is 18.0 Å². The average Bonchev–Trinajstić information content (AvgIpc) is 2.96. The first-order valence-electron chi connectivity index (χ1n) is 12.9. The SMILES string of the molecule is CN(CCc1ccccc1)C(=O)C1=C(c2ccc(CCCOc3cc(F)ccc3F)cc2)CCNC1.O=CO. The monoisotopic (exact) mass is 536 g/mol. The van der Waals surface area contributed by atoms with Gasteiger partial charge in [-0.2, -0.15) is 0 Å². The molecule has 0 aromatic heterocycles. The van der Waals surface area contributed by atoms with Crippen LogP contribution in [0.3, 0.4) is 0 Å². The molecule has 0 saturated carbocycles. The van der Waals surface area contributed by atoms with Gasteiger partial charge >= 0.3 is 0 Å². The zero-order valence-corrected chi connectivity index (χ0v) is 22.0. The number of halogens is 2. The molecule has 6 nitrogen and oxygen atoms in total. The van der Waals surface area contributed by atoms with Crippen LogP contribution in [-0.4, -0.2) is 55.7 Å². The number of amides is 1. The Labute approximate surface area is 227 Å². The number of carboxylic acid groups (broad SMARTS) is 1. The van der Waals surface area contributed by atoms with E-state index >= 15 is 0 Å². The summed E-state index contributed by atoms with van der Waals surface area (Å²) in [6.45, 7) is 2.13. The third kappa shape index (κ3) is 9.04. The van der Waals surface area contributed by atoms with Gasteiger partial charge in [-0.05, 0) is 66.6 Å². The number of hydrogen-bond acceptors (Lipinski definition) is 4. The molecule has 0 spiro atoms. The van der Waals surface area contributed by atoms with Crippen LogP contribution >= 0.6 is 0 Å². The highest BCUT2D eigenvalue weighted by atomic mass is 19.1. The maximum atomic E-state index is 13.7. The van der Waals surface area contributed by atoms with Crippen molar-refractivity contribution in [2.45, 2.75) is 25.7 Å². The van der Waals surface area contributed by atoms with E-state index in [9.17, 15) is 13.6 Å². The zero-order chi connectivity index (χ0) is 28.0. The Balaban J connectivity index is 0.00000134. The number of likely N-dealkylation sites (N-methyl/N-ethyl adjacent to an activating group) is 1. The summed E-state index contributed by atoms with van der Waals surface area (Å²) >= 11 is 0. The van der Waals surface area contributed by atoms with E-state index in [1.807, 2.05) is 30.1 Å². The molecule has 0 fully saturated rings. The van der Waals surface area contributed by atoms with Crippen LogP contribution in [0, 0.1) is 11.6 Å². The number of ether oxygens (including phenoxy) is 1. The second-order valence-electron chi connectivity index (χ2n) is 9.18. The van der Waals surface area contributed by atoms with Crippen molar-refractivity contribution in [1.29, 1.82) is 0 Å². The van der Waals surface area contributed by atoms with Crippen molar-refractivity contribution in [2.75, 3.05) is 33.3 Å². The summed E-state index contributed by atoms with van der Waals surface area (Å²) < 4.78 is 32.3. The van der Waals surface area contributed by atoms with Crippen LogP contribution in [0.25, 0.3) is 5.57 Å². The normalized spacial score (nSPS) is 12.8. The summed E-state index contributed by atoms with van der Waals surface area (Å²) in [4.78, 5) is 23.4. The van der Waals surface area contributed by atoms with Crippen LogP contribution in [0.2, 0.25) is 0 Å². The molecule has 3 aromatic carbocycles. The third-order valence-electron chi connectivity index (χ3n) is 6.46. The molecule has 206 valence electrons. The molecule has 0 unspecified atom stereocenters. The van der Waals surface area contributed by atoms with Crippen LogP contribution < -0.4 is 10.1 Å². The lowest BCUT2D eigenvalue weighted by Gasteiger charge is -2.25. The van der Waals surface area contributed by atoms with Crippen molar-refractivity contribution in [1.82, 2.24) is 10.2 Å². The van der Waals surface area contributed by atoms with Gasteiger partial charge in [0.25, 0.3) is 12.4 Å². The van der Waals surface area contributed by atoms with E-state index in [-0.39, 0.29) is 18.1 Å². The minimum absolute atomic E-state index is 0.0610. The lowest BCUT2D eigenvalue weighted by Crippen LogP contribution is -2.36. The summed E-state index contributed by atoms with van der Waals surface area (Å²) in [5, 5.41) is 10.2. The molecule has 0 radical (unpaired) electrons. The number of benzene rings is 3. The number of nitrogens with one attached hydrogen (secondary N) is 1. The van der Waals surface area contributed by atoms with Crippen LogP contribution in [0.15, 0.2) is 78.4 Å². The summed E-state index contributed by atoms with van der Waals surface area (Å²) in [5.41, 5.74) is 5.34. The smallest absolute Gasteiger partial charge is 0.290 e. The van der Waals surface area contributed by atoms with Crippen LogP contribution in [0.4, 0.5) is 8.78 Å². The molecule has 0 atom stereocenters. The van der Waals surface area contributed by atoms with Crippen molar-refractivity contribution in [2.24, 2.45) is 0 Å². The van der Waals surface area contributed by atoms with Gasteiger partial charge in [0.2, 0.25) is 0 Å². The van der Waals surface area contributed by atoms with Crippen molar-refractivity contribution in [3.63, 3.8) is 0 Å². The van der Waals surface area contributed by atoms with Crippen LogP contribution in [-0.2, 0) is 22.4 Å². The maximum absolute atomic E-state index is 13.7. The molecule has 1 amide bonds. The van der Waals surface area contributed by atoms with Gasteiger partial charge in [-0.25, -0.2) is 8.78 Å². The Morgan fingerprint density at radius 2 is 1.72 bits per heavy atom. The fourth-order valence-corrected chi connectivity index (χ4v) is 4.40. The van der Waals surface area contributed by atoms with E-state index < -0.39 is 11.6 Å². The predicted molar refractivity (Wildman–Crippen MR) is 147 cm³/mol. The van der Waals surface area contributed by atoms with Crippen molar-refractivity contribution in [3.05, 3.63) is 107 Å². The average molecular weight is 537 g/mol. The summed E-state index contributed by atoms with van der Waals surface area (Å²) in [5.74, 6) is -1.07. The first-order chi connectivity index (χ1) is 18.9. The lowest BCUT2D eigenvalue weighted by atomic mass is 9.92. The Hall–Kier alpha value is -4.04. The van der Waals surface area contributed by atoms with E-state index in [0.717, 1.165) is 66.3 Å². The minimum atomic E-state index is -0.563. The predicted octanol–water partition coefficient (Wildman–Crippen LogP) is 5.13. The van der Waals surface area contributed by atoms with E-state index in [0.29, 0.717) is 26.1 Å². The largest absolute Gasteiger partial charge is 0.490 e. The van der Waals surface area contributed by atoms with E-state index in [1.54, 1.807) is 0 Å². The second kappa shape index (κ2) is 15.4. The van der Waals surface area contributed by atoms with Gasteiger partial charge in [-0.1, -0.05) is 54.6 Å². The molecule has 8 heteroatoms. The maximum Gasteiger partial charge on any atom is 0.290 e. The number of nitrogens with zero attached hydrogens (tertiary/aromatic N) is 1. The summed E-state index contributed by atoms with van der Waals surface area (Å²) in [6.07, 6.45) is 3.06. The van der Waals surface area contributed by atoms with Gasteiger partial charge in [-0.15, -0.1) is 0 Å². The fraction of sp³-hybridized carbons (Fsp3) is 0.290. The van der Waals surface area contributed by atoms with Crippen LogP contribution in [0.1, 0.15) is 29.5 Å². The summed E-state index contributed by atoms with van der Waals surface area (Å²) in [6, 6.07) is 21.7. The molecule has 39 heavy (non-hydrogen) atoms. The molecular weight excluding hydrogens is 502 g/mol. The number of hydrogen-bond donors (Lipinski definition) is 2. The molecular formula is C31H34F2N2O4. The van der Waals surface area contributed by atoms with Crippen molar-refractivity contribution < 1.29 is 28.2 Å². The molecule has 3 aromatic rings. The standard InChI is InChI=1S/C30H32F2N2O2.CH2O2/c1-34(18-16-22-6-3-2-4-7-22)30(35)27-21-33-17-15-26(27)24-11-9-23(10-12-24)8-5-19-36-29-20-25(31)13-14-28(29)32;2-1-3/h2-4,6-7,9-14,20,33H,5,8,15-19,21H2,1H3;1H,(H,2,3). The highest BCUT2D eigenvalue weighted by molar-refractivity contribution is 6.02. The Morgan fingerprint density at radius 1 is 1.03 bits per heavy atom. The van der Waals surface area contributed by atoms with Gasteiger partial charge in [0.1, 0.15) is 5.82 Å². The third-order valence-corrected chi connectivity index (χ3v) is 6.46. The first-order valence-corrected chi connectivity index (χ1v) is 12.9. The fourth-order valence-electron chi connectivity index (χ4n) is 4.40. The number of rotatable bonds is 10. The number of carbonyl (C=O) groups is 2. The Kier molecular flexibility index (Phi) is 11.6. The lowest BCUT2D eigenvalue weighted by molar-refractivity contribution is -0.126. The molecule has 2 N–H and O–H groups in total. The Bertz CT molecular complexity index is 1250. The second-order valence-corrected chi connectivity index (χ2v) is 9.18. The minimum Gasteiger partial charge on any atom is -0.490 e.